The number of benzene rings is 4. The lowest BCUT2D eigenvalue weighted by Gasteiger charge is -2.20. The largest absolute Gasteiger partial charge is 0.377 e. The first-order valence-electron chi connectivity index (χ1n) is 33.7. The lowest BCUT2D eigenvalue weighted by atomic mass is 9.95. The van der Waals surface area contributed by atoms with Crippen LogP contribution in [0.15, 0.2) is 132 Å². The Morgan fingerprint density at radius 3 is 1.63 bits per heavy atom. The maximum Gasteiger partial charge on any atom is 0.264 e. The highest BCUT2D eigenvalue weighted by atomic mass is 32.2. The van der Waals surface area contributed by atoms with Crippen LogP contribution in [0.3, 0.4) is 0 Å². The average Bonchev–Trinajstić information content (AvgIpc) is 1.07. The van der Waals surface area contributed by atoms with Gasteiger partial charge in [-0.05, 0) is 140 Å². The number of hydrogen-bond acceptors (Lipinski definition) is 18. The van der Waals surface area contributed by atoms with E-state index in [2.05, 4.69) is 52.6 Å². The van der Waals surface area contributed by atoms with Gasteiger partial charge in [0.15, 0.2) is 11.6 Å². The summed E-state index contributed by atoms with van der Waals surface area (Å²) in [6, 6.07) is 23.1. The van der Waals surface area contributed by atoms with E-state index in [-0.39, 0.29) is 96.1 Å². The summed E-state index contributed by atoms with van der Waals surface area (Å²) in [6.07, 6.45) is 9.23. The Kier molecular flexibility index (Phi) is 23.6. The summed E-state index contributed by atoms with van der Waals surface area (Å²) in [6.45, 7) is 20.9. The molecule has 10 aromatic rings. The van der Waals surface area contributed by atoms with Crippen molar-refractivity contribution in [3.05, 3.63) is 209 Å². The SMILES string of the molecule is CCCCc1nc(C)c(CC(=O)Nc2cn[nH]c2)c(=O)n1Cc1ccc(-c2cccc(CCCCc3nc(C)c(CC(=O)Nc4cnn(C(C)C)c4)c(=O)n3Cc3ccc(-c4ccccc4S(=O)(=O)Nc4noc(C)c4C)c(COCC)c3)c2S(=O)(=O)Nc2noc(C)c2C)c(COCC)c1. The van der Waals surface area contributed by atoms with Crippen molar-refractivity contribution < 1.29 is 44.9 Å². The molecule has 0 aliphatic heterocycles. The van der Waals surface area contributed by atoms with Crippen LogP contribution in [0.5, 0.6) is 0 Å². The lowest BCUT2D eigenvalue weighted by Crippen LogP contribution is -2.32. The number of amides is 2. The van der Waals surface area contributed by atoms with E-state index >= 15 is 13.2 Å². The fourth-order valence-electron chi connectivity index (χ4n) is 12.0. The average molecular weight is 1420 g/mol. The van der Waals surface area contributed by atoms with Crippen molar-refractivity contribution in [1.29, 1.82) is 0 Å². The predicted molar refractivity (Wildman–Crippen MR) is 384 cm³/mol. The molecule has 28 heteroatoms. The van der Waals surface area contributed by atoms with E-state index in [4.69, 9.17) is 28.5 Å². The number of ether oxygens (including phenoxy) is 2. The Balaban J connectivity index is 0.992. The number of sulfonamides is 2. The molecule has 0 bridgehead atoms. The quantitative estimate of drug-likeness (QED) is 0.0239. The number of anilines is 4. The highest BCUT2D eigenvalue weighted by molar-refractivity contribution is 7.93. The third-order valence-corrected chi connectivity index (χ3v) is 20.5. The number of unbranched alkanes of at least 4 members (excludes halogenated alkanes) is 2. The standard InChI is InChI=1S/C73H86N14O12S2/c1-12-15-26-65-77-47(8)62(34-67(88)79-56-36-74-75-37-56)72(90)85(65)39-52-29-31-59(55(33-52)43-97-14-3)61-24-20-22-53(69(61)101(94,95)84-71-46(7)50(11)99-82-71)21-16-19-27-66-78-48(9)63(35-68(89)80-57-38-76-87(41-57)44(4)5)73(91)86(66)40-51-28-30-58(54(32-51)42-96-13-2)60-23-17-18-25-64(60)100(92,93)83-70-45(6)49(10)98-81-70/h17-18,20,22-25,28-33,36-38,41,44H,12-16,19,21,26-27,34-35,39-40,42-43H2,1-11H3,(H,74,75)(H,79,88)(H,80,89)(H,81,83)(H,82,84). The molecule has 532 valence electrons. The number of aromatic nitrogens is 10. The molecule has 0 aliphatic rings. The summed E-state index contributed by atoms with van der Waals surface area (Å²) < 4.78 is 91.9. The summed E-state index contributed by atoms with van der Waals surface area (Å²) in [5, 5.41) is 24.6. The van der Waals surface area contributed by atoms with Crippen molar-refractivity contribution in [2.24, 2.45) is 0 Å². The van der Waals surface area contributed by atoms with E-state index in [1.165, 1.54) is 12.3 Å². The fourth-order valence-corrected chi connectivity index (χ4v) is 14.8. The minimum atomic E-state index is -4.46. The van der Waals surface area contributed by atoms with Gasteiger partial charge in [0, 0.05) is 89.3 Å². The normalized spacial score (nSPS) is 11.8. The number of carbonyl (C=O) groups excluding carboxylic acids is 2. The molecule has 0 unspecified atom stereocenters. The van der Waals surface area contributed by atoms with Crippen molar-refractivity contribution >= 4 is 54.9 Å². The van der Waals surface area contributed by atoms with Gasteiger partial charge < -0.3 is 29.2 Å². The molecule has 6 aromatic heterocycles. The Morgan fingerprint density at radius 1 is 0.594 bits per heavy atom. The van der Waals surface area contributed by atoms with Crippen LogP contribution >= 0.6 is 0 Å². The van der Waals surface area contributed by atoms with Crippen molar-refractivity contribution in [2.75, 3.05) is 33.3 Å². The number of nitrogens with zero attached hydrogens (tertiary/aromatic N) is 9. The van der Waals surface area contributed by atoms with Crippen LogP contribution in [0.25, 0.3) is 22.3 Å². The molecule has 101 heavy (non-hydrogen) atoms. The zero-order valence-corrected chi connectivity index (χ0v) is 60.4. The number of aromatic amines is 1. The molecule has 0 radical (unpaired) electrons. The third-order valence-electron chi connectivity index (χ3n) is 17.7. The molecule has 26 nitrogen and oxygen atoms in total. The molecular weight excluding hydrogens is 1330 g/mol. The van der Waals surface area contributed by atoms with Gasteiger partial charge >= 0.3 is 0 Å². The molecule has 4 aromatic carbocycles. The molecule has 6 heterocycles. The number of carbonyl (C=O) groups is 2. The lowest BCUT2D eigenvalue weighted by molar-refractivity contribution is -0.116. The van der Waals surface area contributed by atoms with Gasteiger partial charge in [0.1, 0.15) is 23.2 Å². The molecule has 0 saturated carbocycles. The second kappa shape index (κ2) is 32.4. The Morgan fingerprint density at radius 2 is 1.12 bits per heavy atom. The van der Waals surface area contributed by atoms with Crippen LogP contribution in [0.2, 0.25) is 0 Å². The number of H-pyrrole nitrogens is 1. The molecule has 0 spiro atoms. The van der Waals surface area contributed by atoms with Crippen LogP contribution in [0.1, 0.15) is 151 Å². The van der Waals surface area contributed by atoms with E-state index < -0.39 is 37.4 Å². The van der Waals surface area contributed by atoms with Gasteiger partial charge in [-0.15, -0.1) is 0 Å². The minimum Gasteiger partial charge on any atom is -0.377 e. The van der Waals surface area contributed by atoms with Crippen molar-refractivity contribution in [3.63, 3.8) is 0 Å². The summed E-state index contributed by atoms with van der Waals surface area (Å²) in [4.78, 5) is 66.8. The highest BCUT2D eigenvalue weighted by Crippen LogP contribution is 2.38. The fraction of sp³-hybridized carbons (Fsp3) is 0.370. The molecular formula is C73H86N14O12S2. The molecule has 0 atom stereocenters. The second-order valence-electron chi connectivity index (χ2n) is 25.2. The van der Waals surface area contributed by atoms with Crippen LogP contribution in [-0.2, 0) is 97.5 Å². The van der Waals surface area contributed by atoms with Gasteiger partial charge in [-0.2, -0.15) is 10.2 Å². The Labute approximate surface area is 586 Å². The molecule has 0 fully saturated rings. The predicted octanol–water partition coefficient (Wildman–Crippen LogP) is 11.5. The minimum absolute atomic E-state index is 0.00213. The van der Waals surface area contributed by atoms with Crippen LogP contribution < -0.4 is 31.2 Å². The van der Waals surface area contributed by atoms with E-state index in [0.717, 1.165) is 12.8 Å². The van der Waals surface area contributed by atoms with Crippen molar-refractivity contribution in [2.45, 2.75) is 176 Å². The monoisotopic (exact) mass is 1410 g/mol. The zero-order chi connectivity index (χ0) is 72.3. The van der Waals surface area contributed by atoms with E-state index in [0.29, 0.717) is 140 Å². The molecule has 0 aliphatic carbocycles. The second-order valence-corrected chi connectivity index (χ2v) is 28.5. The highest BCUT2D eigenvalue weighted by Gasteiger charge is 2.30. The molecule has 5 N–H and O–H groups in total. The molecule has 0 saturated heterocycles. The maximum absolute atomic E-state index is 15.3. The third kappa shape index (κ3) is 17.4. The van der Waals surface area contributed by atoms with Gasteiger partial charge in [-0.1, -0.05) is 96.5 Å². The smallest absolute Gasteiger partial charge is 0.264 e. The first kappa shape index (κ1) is 73.6. The zero-order valence-electron chi connectivity index (χ0n) is 58.7. The summed E-state index contributed by atoms with van der Waals surface area (Å²) >= 11 is 0. The molecule has 2 amide bonds. The number of rotatable bonds is 33. The van der Waals surface area contributed by atoms with Gasteiger partial charge in [0.25, 0.3) is 31.2 Å². The van der Waals surface area contributed by atoms with E-state index in [1.54, 1.807) is 110 Å². The van der Waals surface area contributed by atoms with Crippen molar-refractivity contribution in [3.8, 4) is 22.3 Å². The van der Waals surface area contributed by atoms with Crippen LogP contribution in [0.4, 0.5) is 23.0 Å². The first-order chi connectivity index (χ1) is 48.4. The first-order valence-corrected chi connectivity index (χ1v) is 36.7. The number of nitrogens with one attached hydrogen (secondary N) is 5. The van der Waals surface area contributed by atoms with Crippen molar-refractivity contribution in [1.82, 2.24) is 49.4 Å². The van der Waals surface area contributed by atoms with Crippen LogP contribution in [0, 0.1) is 41.5 Å². The van der Waals surface area contributed by atoms with E-state index in [1.807, 2.05) is 64.1 Å². The topological polar surface area (TPSA) is 337 Å². The maximum atomic E-state index is 15.3. The van der Waals surface area contributed by atoms with Gasteiger partial charge in [0.05, 0.1) is 72.7 Å². The number of hydrogen-bond donors (Lipinski definition) is 5. The van der Waals surface area contributed by atoms with E-state index in [9.17, 15) is 22.8 Å². The Bertz CT molecular complexity index is 5010. The van der Waals surface area contributed by atoms with Gasteiger partial charge in [-0.25, -0.2) is 26.8 Å². The van der Waals surface area contributed by atoms with Gasteiger partial charge in [0.2, 0.25) is 11.8 Å². The number of aryl methyl sites for hydroxylation is 7. The summed E-state index contributed by atoms with van der Waals surface area (Å²) in [7, 11) is -8.68. The molecule has 10 rings (SSSR count). The van der Waals surface area contributed by atoms with Crippen LogP contribution in [-0.4, -0.2) is 91.3 Å². The summed E-state index contributed by atoms with van der Waals surface area (Å²) in [5.41, 5.74) is 7.53. The Hall–Kier alpha value is -10.2. The summed E-state index contributed by atoms with van der Waals surface area (Å²) in [5.74, 6) is 1.16. The van der Waals surface area contributed by atoms with Gasteiger partial charge in [-0.3, -0.25) is 47.5 Å².